The second-order valence-corrected chi connectivity index (χ2v) is 6.49. The molecule has 2 fully saturated rings. The minimum absolute atomic E-state index is 0.00746. The average molecular weight is 289 g/mol. The highest BCUT2D eigenvalue weighted by Gasteiger charge is 2.51. The molecule has 1 aromatic heterocycles. The normalized spacial score (nSPS) is 34.5. The lowest BCUT2D eigenvalue weighted by Gasteiger charge is -2.38. The van der Waals surface area contributed by atoms with Gasteiger partial charge in [0.2, 0.25) is 0 Å². The quantitative estimate of drug-likeness (QED) is 0.760. The first kappa shape index (κ1) is 12.9. The van der Waals surface area contributed by atoms with Crippen molar-refractivity contribution in [1.82, 2.24) is 9.58 Å². The van der Waals surface area contributed by atoms with Crippen LogP contribution in [0.4, 0.5) is 0 Å². The number of carbonyl (C=O) groups is 1. The van der Waals surface area contributed by atoms with Gasteiger partial charge >= 0.3 is 0 Å². The Morgan fingerprint density at radius 2 is 2.29 bits per heavy atom. The third-order valence-corrected chi connectivity index (χ3v) is 5.31. The lowest BCUT2D eigenvalue weighted by Crippen LogP contribution is -2.50. The molecule has 1 aromatic rings. The molecule has 1 amide bonds. The summed E-state index contributed by atoms with van der Waals surface area (Å²) in [5, 5.41) is 0. The minimum Gasteiger partial charge on any atom is -0.381 e. The number of amides is 1. The fraction of sp³-hybridized carbons (Fsp3) is 0.600. The number of nitrogens with one attached hydrogen (secondary N) is 1. The lowest BCUT2D eigenvalue weighted by atomic mass is 9.72. The molecule has 4 rings (SSSR count). The second kappa shape index (κ2) is 4.34. The van der Waals surface area contributed by atoms with Crippen LogP contribution in [0.5, 0.6) is 0 Å². The molecule has 6 heteroatoms. The van der Waals surface area contributed by atoms with Gasteiger partial charge in [-0.15, -0.1) is 0 Å². The van der Waals surface area contributed by atoms with E-state index < -0.39 is 0 Å². The lowest BCUT2D eigenvalue weighted by molar-refractivity contribution is -0.0280. The number of hydrogen-bond acceptors (Lipinski definition) is 4. The van der Waals surface area contributed by atoms with Crippen LogP contribution >= 0.6 is 0 Å². The molecule has 0 aromatic carbocycles. The van der Waals surface area contributed by atoms with Crippen LogP contribution in [0.1, 0.15) is 30.3 Å². The Morgan fingerprint density at radius 3 is 3.10 bits per heavy atom. The zero-order valence-corrected chi connectivity index (χ0v) is 12.0. The fourth-order valence-corrected chi connectivity index (χ4v) is 3.90. The number of aromatic nitrogens is 1. The van der Waals surface area contributed by atoms with Gasteiger partial charge in [0.1, 0.15) is 11.9 Å². The Balaban J connectivity index is 1.69. The molecule has 3 aliphatic rings. The van der Waals surface area contributed by atoms with Gasteiger partial charge in [0.25, 0.3) is 5.91 Å². The molecule has 6 nitrogen and oxygen atoms in total. The largest absolute Gasteiger partial charge is 0.381 e. The highest BCUT2D eigenvalue weighted by atomic mass is 16.5. The molecular formula is C15H19N3O3. The van der Waals surface area contributed by atoms with Crippen LogP contribution in [0.25, 0.3) is 0 Å². The maximum Gasteiger partial charge on any atom is 0.274 e. The van der Waals surface area contributed by atoms with Crippen LogP contribution in [0.15, 0.2) is 23.1 Å². The molecule has 0 bridgehead atoms. The van der Waals surface area contributed by atoms with E-state index in [1.165, 1.54) is 12.1 Å². The number of ether oxygens (including phenoxy) is 1. The standard InChI is InChI=1S/C15H19N3O3/c1-10-8-21-5-3-15(10)7-13-16-18-4-2-11(19)6-12(18)14(20)17(13)9-15/h2,4,6,10,13,16H,3,5,7-9H2,1H3. The van der Waals surface area contributed by atoms with Crippen molar-refractivity contribution in [1.29, 1.82) is 0 Å². The third kappa shape index (κ3) is 1.82. The molecule has 4 heterocycles. The number of rotatable bonds is 0. The van der Waals surface area contributed by atoms with Gasteiger partial charge in [-0.05, 0) is 24.2 Å². The van der Waals surface area contributed by atoms with Gasteiger partial charge in [-0.25, -0.2) is 0 Å². The van der Waals surface area contributed by atoms with Crippen molar-refractivity contribution in [2.75, 3.05) is 25.2 Å². The summed E-state index contributed by atoms with van der Waals surface area (Å²) in [4.78, 5) is 26.1. The Hall–Kier alpha value is -1.82. The molecule has 0 radical (unpaired) electrons. The number of fused-ring (bicyclic) bond motifs is 2. The maximum absolute atomic E-state index is 12.7. The summed E-state index contributed by atoms with van der Waals surface area (Å²) in [5.74, 6) is 0.390. The SMILES string of the molecule is CC1COCCC12CC1Nn3ccc(=O)cc3C(=O)N1C2. The number of hydrogen-bond donors (Lipinski definition) is 1. The Labute approximate surface area is 122 Å². The Kier molecular flexibility index (Phi) is 2.66. The van der Waals surface area contributed by atoms with E-state index >= 15 is 0 Å². The number of nitrogens with zero attached hydrogens (tertiary/aromatic N) is 2. The molecule has 2 saturated heterocycles. The summed E-state index contributed by atoms with van der Waals surface area (Å²) in [7, 11) is 0. The summed E-state index contributed by atoms with van der Waals surface area (Å²) in [6.07, 6.45) is 3.58. The number of carbonyl (C=O) groups excluding carboxylic acids is 1. The minimum atomic E-state index is -0.136. The van der Waals surface area contributed by atoms with E-state index in [2.05, 4.69) is 12.3 Å². The topological polar surface area (TPSA) is 63.6 Å². The van der Waals surface area contributed by atoms with Gasteiger partial charge in [-0.3, -0.25) is 14.3 Å². The van der Waals surface area contributed by atoms with Crippen molar-refractivity contribution in [3.8, 4) is 0 Å². The van der Waals surface area contributed by atoms with E-state index in [0.717, 1.165) is 32.6 Å². The molecule has 1 N–H and O–H groups in total. The van der Waals surface area contributed by atoms with Crippen molar-refractivity contribution < 1.29 is 9.53 Å². The van der Waals surface area contributed by atoms with E-state index in [0.29, 0.717) is 11.6 Å². The molecular weight excluding hydrogens is 270 g/mol. The first-order valence-corrected chi connectivity index (χ1v) is 7.47. The maximum atomic E-state index is 12.7. The highest BCUT2D eigenvalue weighted by molar-refractivity contribution is 5.94. The van der Waals surface area contributed by atoms with Gasteiger partial charge in [0.05, 0.1) is 0 Å². The van der Waals surface area contributed by atoms with Gasteiger partial charge in [-0.2, -0.15) is 0 Å². The molecule has 112 valence electrons. The smallest absolute Gasteiger partial charge is 0.274 e. The van der Waals surface area contributed by atoms with Crippen LogP contribution in [0.2, 0.25) is 0 Å². The summed E-state index contributed by atoms with van der Waals surface area (Å²) >= 11 is 0. The van der Waals surface area contributed by atoms with E-state index in [9.17, 15) is 9.59 Å². The van der Waals surface area contributed by atoms with Crippen molar-refractivity contribution in [3.63, 3.8) is 0 Å². The molecule has 21 heavy (non-hydrogen) atoms. The summed E-state index contributed by atoms with van der Waals surface area (Å²) in [5.41, 5.74) is 3.77. The van der Waals surface area contributed by atoms with Gasteiger partial charge < -0.3 is 15.1 Å². The molecule has 3 aliphatic heterocycles. The van der Waals surface area contributed by atoms with Crippen molar-refractivity contribution in [2.45, 2.75) is 25.9 Å². The predicted molar refractivity (Wildman–Crippen MR) is 76.5 cm³/mol. The number of pyridine rings is 1. The van der Waals surface area contributed by atoms with Gasteiger partial charge in [0.15, 0.2) is 5.43 Å². The van der Waals surface area contributed by atoms with Crippen LogP contribution < -0.4 is 10.9 Å². The van der Waals surface area contributed by atoms with Crippen LogP contribution in [0.3, 0.4) is 0 Å². The second-order valence-electron chi connectivity index (χ2n) is 6.49. The van der Waals surface area contributed by atoms with Gasteiger partial charge in [0, 0.05) is 38.1 Å². The van der Waals surface area contributed by atoms with Crippen molar-refractivity contribution >= 4 is 5.91 Å². The monoisotopic (exact) mass is 289 g/mol. The molecule has 1 spiro atoms. The first-order chi connectivity index (χ1) is 10.1. The fourth-order valence-electron chi connectivity index (χ4n) is 3.90. The molecule has 0 aliphatic carbocycles. The van der Waals surface area contributed by atoms with Crippen LogP contribution in [-0.4, -0.2) is 41.4 Å². The van der Waals surface area contributed by atoms with E-state index in [4.69, 9.17) is 4.74 Å². The molecule has 0 saturated carbocycles. The van der Waals surface area contributed by atoms with Crippen molar-refractivity contribution in [3.05, 3.63) is 34.2 Å². The van der Waals surface area contributed by atoms with Crippen LogP contribution in [-0.2, 0) is 4.74 Å². The first-order valence-electron chi connectivity index (χ1n) is 7.47. The summed E-state index contributed by atoms with van der Waals surface area (Å²) in [6, 6.07) is 2.88. The zero-order valence-electron chi connectivity index (χ0n) is 12.0. The summed E-state index contributed by atoms with van der Waals surface area (Å²) < 4.78 is 7.24. The van der Waals surface area contributed by atoms with E-state index in [-0.39, 0.29) is 22.9 Å². The Bertz CT molecular complexity index is 656. The molecule has 3 unspecified atom stereocenters. The van der Waals surface area contributed by atoms with Gasteiger partial charge in [-0.1, -0.05) is 6.92 Å². The van der Waals surface area contributed by atoms with Crippen LogP contribution in [0, 0.1) is 11.3 Å². The molecule has 3 atom stereocenters. The van der Waals surface area contributed by atoms with E-state index in [1.807, 2.05) is 4.90 Å². The highest BCUT2D eigenvalue weighted by Crippen LogP contribution is 2.46. The summed E-state index contributed by atoms with van der Waals surface area (Å²) in [6.45, 7) is 4.48. The third-order valence-electron chi connectivity index (χ3n) is 5.31. The van der Waals surface area contributed by atoms with Crippen molar-refractivity contribution in [2.24, 2.45) is 11.3 Å². The Morgan fingerprint density at radius 1 is 1.43 bits per heavy atom. The zero-order chi connectivity index (χ0) is 14.6. The van der Waals surface area contributed by atoms with E-state index in [1.54, 1.807) is 10.9 Å². The average Bonchev–Trinajstić information content (AvgIpc) is 2.83. The predicted octanol–water partition coefficient (Wildman–Crippen LogP) is 0.620.